The summed E-state index contributed by atoms with van der Waals surface area (Å²) in [4.78, 5) is 14.7. The molecule has 1 amide bonds. The number of rotatable bonds is 7. The number of hydrogen-bond donors (Lipinski definition) is 2. The van der Waals surface area contributed by atoms with Crippen molar-refractivity contribution < 1.29 is 14.3 Å². The monoisotopic (exact) mass is 394 g/mol. The number of benzene rings is 1. The Morgan fingerprint density at radius 2 is 1.86 bits per heavy atom. The van der Waals surface area contributed by atoms with Crippen LogP contribution in [0.25, 0.3) is 0 Å². The standard InChI is InChI=1S/C22H26N4O3/c27-16-20-7-6-19(29-20)15-25-12-9-18(10-13-25)26-21(8-11-23-26)24-22(28)14-17-4-2-1-3-5-17/h1-8,11,18,27H,9-10,12-16H2,(H,24,28). The molecular formula is C22H26N4O3. The third-order valence-corrected chi connectivity index (χ3v) is 5.30. The maximum atomic E-state index is 12.4. The van der Waals surface area contributed by atoms with Crippen LogP contribution in [0, 0.1) is 0 Å². The minimum absolute atomic E-state index is 0.0344. The molecule has 7 heteroatoms. The van der Waals surface area contributed by atoms with E-state index in [9.17, 15) is 4.79 Å². The molecule has 0 radical (unpaired) electrons. The van der Waals surface area contributed by atoms with Gasteiger partial charge in [0.25, 0.3) is 0 Å². The van der Waals surface area contributed by atoms with Gasteiger partial charge in [0.15, 0.2) is 0 Å². The Morgan fingerprint density at radius 1 is 1.10 bits per heavy atom. The van der Waals surface area contributed by atoms with Crippen molar-refractivity contribution in [3.63, 3.8) is 0 Å². The number of amides is 1. The molecule has 0 spiro atoms. The number of carbonyl (C=O) groups is 1. The van der Waals surface area contributed by atoms with Crippen molar-refractivity contribution in [2.75, 3.05) is 18.4 Å². The molecule has 1 aliphatic heterocycles. The van der Waals surface area contributed by atoms with Crippen molar-refractivity contribution in [3.8, 4) is 0 Å². The van der Waals surface area contributed by atoms with Crippen LogP contribution in [0.2, 0.25) is 0 Å². The van der Waals surface area contributed by atoms with E-state index in [0.29, 0.717) is 12.2 Å². The Hall–Kier alpha value is -2.90. The summed E-state index contributed by atoms with van der Waals surface area (Å²) in [5.74, 6) is 2.19. The number of nitrogens with zero attached hydrogens (tertiary/aromatic N) is 3. The number of aromatic nitrogens is 2. The van der Waals surface area contributed by atoms with Crippen LogP contribution in [0.4, 0.5) is 5.82 Å². The number of nitrogens with one attached hydrogen (secondary N) is 1. The van der Waals surface area contributed by atoms with E-state index >= 15 is 0 Å². The van der Waals surface area contributed by atoms with Crippen LogP contribution in [0.1, 0.15) is 36.0 Å². The van der Waals surface area contributed by atoms with Crippen LogP contribution < -0.4 is 5.32 Å². The number of carbonyl (C=O) groups excluding carboxylic acids is 1. The molecule has 1 aromatic carbocycles. The van der Waals surface area contributed by atoms with Gasteiger partial charge < -0.3 is 14.8 Å². The SMILES string of the molecule is O=C(Cc1ccccc1)Nc1ccnn1C1CCN(Cc2ccc(CO)o2)CC1. The highest BCUT2D eigenvalue weighted by Crippen LogP contribution is 2.26. The summed E-state index contributed by atoms with van der Waals surface area (Å²) in [6.45, 7) is 2.53. The Kier molecular flexibility index (Phi) is 6.07. The molecule has 2 aromatic heterocycles. The van der Waals surface area contributed by atoms with Gasteiger partial charge in [-0.05, 0) is 30.5 Å². The second-order valence-electron chi connectivity index (χ2n) is 7.41. The fourth-order valence-electron chi connectivity index (χ4n) is 3.81. The molecule has 1 aliphatic rings. The molecular weight excluding hydrogens is 368 g/mol. The molecule has 7 nitrogen and oxygen atoms in total. The van der Waals surface area contributed by atoms with Crippen molar-refractivity contribution in [1.82, 2.24) is 14.7 Å². The number of piperidine rings is 1. The van der Waals surface area contributed by atoms with Gasteiger partial charge in [-0.15, -0.1) is 0 Å². The Bertz CT molecular complexity index is 926. The summed E-state index contributed by atoms with van der Waals surface area (Å²) >= 11 is 0. The van der Waals surface area contributed by atoms with E-state index in [1.165, 1.54) is 0 Å². The van der Waals surface area contributed by atoms with E-state index < -0.39 is 0 Å². The molecule has 1 fully saturated rings. The van der Waals surface area contributed by atoms with Crippen LogP contribution in [-0.2, 0) is 24.4 Å². The highest BCUT2D eigenvalue weighted by molar-refractivity contribution is 5.91. The normalized spacial score (nSPS) is 15.5. The van der Waals surface area contributed by atoms with Crippen LogP contribution in [0.15, 0.2) is 59.1 Å². The van der Waals surface area contributed by atoms with Crippen LogP contribution >= 0.6 is 0 Å². The molecule has 0 atom stereocenters. The lowest BCUT2D eigenvalue weighted by atomic mass is 10.1. The number of hydrogen-bond acceptors (Lipinski definition) is 5. The van der Waals surface area contributed by atoms with Crippen molar-refractivity contribution >= 4 is 11.7 Å². The van der Waals surface area contributed by atoms with Gasteiger partial charge >= 0.3 is 0 Å². The lowest BCUT2D eigenvalue weighted by molar-refractivity contribution is -0.115. The number of aliphatic hydroxyl groups excluding tert-OH is 1. The zero-order chi connectivity index (χ0) is 20.1. The third-order valence-electron chi connectivity index (χ3n) is 5.30. The molecule has 152 valence electrons. The summed E-state index contributed by atoms with van der Waals surface area (Å²) in [5.41, 5.74) is 0.992. The van der Waals surface area contributed by atoms with Gasteiger partial charge in [-0.25, -0.2) is 4.68 Å². The molecule has 0 saturated carbocycles. The first-order chi connectivity index (χ1) is 14.2. The highest BCUT2D eigenvalue weighted by Gasteiger charge is 2.24. The lowest BCUT2D eigenvalue weighted by Crippen LogP contribution is -2.35. The first kappa shape index (κ1) is 19.4. The number of anilines is 1. The number of likely N-dealkylation sites (tertiary alicyclic amines) is 1. The molecule has 29 heavy (non-hydrogen) atoms. The number of aliphatic hydroxyl groups is 1. The summed E-state index contributed by atoms with van der Waals surface area (Å²) in [7, 11) is 0. The maximum absolute atomic E-state index is 12.4. The Morgan fingerprint density at radius 3 is 2.59 bits per heavy atom. The molecule has 3 aromatic rings. The lowest BCUT2D eigenvalue weighted by Gasteiger charge is -2.32. The molecule has 0 unspecified atom stereocenters. The molecule has 0 aliphatic carbocycles. The molecule has 2 N–H and O–H groups in total. The molecule has 3 heterocycles. The first-order valence-corrected chi connectivity index (χ1v) is 9.99. The smallest absolute Gasteiger partial charge is 0.229 e. The topological polar surface area (TPSA) is 83.5 Å². The molecule has 0 bridgehead atoms. The van der Waals surface area contributed by atoms with Crippen LogP contribution in [0.3, 0.4) is 0 Å². The zero-order valence-corrected chi connectivity index (χ0v) is 16.3. The Balaban J connectivity index is 1.31. The van der Waals surface area contributed by atoms with Gasteiger partial charge in [-0.3, -0.25) is 9.69 Å². The third kappa shape index (κ3) is 4.93. The summed E-state index contributed by atoms with van der Waals surface area (Å²) < 4.78 is 7.53. The summed E-state index contributed by atoms with van der Waals surface area (Å²) in [5, 5.41) is 16.6. The van der Waals surface area contributed by atoms with E-state index in [4.69, 9.17) is 9.52 Å². The average Bonchev–Trinajstić information content (AvgIpc) is 3.39. The second kappa shape index (κ2) is 9.07. The van der Waals surface area contributed by atoms with Gasteiger partial charge in [0.2, 0.25) is 5.91 Å². The zero-order valence-electron chi connectivity index (χ0n) is 16.3. The first-order valence-electron chi connectivity index (χ1n) is 9.99. The van der Waals surface area contributed by atoms with Gasteiger partial charge in [0.05, 0.1) is 25.2 Å². The van der Waals surface area contributed by atoms with Crippen molar-refractivity contribution in [1.29, 1.82) is 0 Å². The predicted octanol–water partition coefficient (Wildman–Crippen LogP) is 2.99. The summed E-state index contributed by atoms with van der Waals surface area (Å²) in [6, 6.07) is 15.6. The Labute approximate surface area is 169 Å². The van der Waals surface area contributed by atoms with Crippen molar-refractivity contribution in [3.05, 3.63) is 71.8 Å². The van der Waals surface area contributed by atoms with Crippen LogP contribution in [-0.4, -0.2) is 38.8 Å². The van der Waals surface area contributed by atoms with Crippen molar-refractivity contribution in [2.24, 2.45) is 0 Å². The van der Waals surface area contributed by atoms with Gasteiger partial charge in [0, 0.05) is 19.2 Å². The van der Waals surface area contributed by atoms with E-state index in [1.54, 1.807) is 6.20 Å². The van der Waals surface area contributed by atoms with E-state index in [-0.39, 0.29) is 18.6 Å². The maximum Gasteiger partial charge on any atom is 0.229 e. The largest absolute Gasteiger partial charge is 0.462 e. The summed E-state index contributed by atoms with van der Waals surface area (Å²) in [6.07, 6.45) is 4.00. The van der Waals surface area contributed by atoms with Crippen LogP contribution in [0.5, 0.6) is 0 Å². The van der Waals surface area contributed by atoms with Crippen molar-refractivity contribution in [2.45, 2.75) is 38.5 Å². The molecule has 1 saturated heterocycles. The quantitative estimate of drug-likeness (QED) is 0.644. The van der Waals surface area contributed by atoms with Gasteiger partial charge in [0.1, 0.15) is 23.9 Å². The molecule has 4 rings (SSSR count). The minimum Gasteiger partial charge on any atom is -0.462 e. The fraction of sp³-hybridized carbons (Fsp3) is 0.364. The predicted molar refractivity (Wildman–Crippen MR) is 109 cm³/mol. The fourth-order valence-corrected chi connectivity index (χ4v) is 3.81. The van der Waals surface area contributed by atoms with E-state index in [1.807, 2.05) is 53.2 Å². The second-order valence-corrected chi connectivity index (χ2v) is 7.41. The van der Waals surface area contributed by atoms with Gasteiger partial charge in [-0.2, -0.15) is 5.10 Å². The number of furan rings is 1. The van der Waals surface area contributed by atoms with Gasteiger partial charge in [-0.1, -0.05) is 30.3 Å². The average molecular weight is 394 g/mol. The van der Waals surface area contributed by atoms with E-state index in [0.717, 1.165) is 49.6 Å². The van der Waals surface area contributed by atoms with E-state index in [2.05, 4.69) is 15.3 Å². The highest BCUT2D eigenvalue weighted by atomic mass is 16.4. The minimum atomic E-state index is -0.0693.